The quantitative estimate of drug-likeness (QED) is 0.364. The molecule has 0 radical (unpaired) electrons. The Labute approximate surface area is 176 Å². The lowest BCUT2D eigenvalue weighted by molar-refractivity contribution is 0.0955. The summed E-state index contributed by atoms with van der Waals surface area (Å²) < 4.78 is 2.69. The summed E-state index contributed by atoms with van der Waals surface area (Å²) in [6, 6.07) is 20.6. The number of hydrogen-bond donors (Lipinski definition) is 1. The third kappa shape index (κ3) is 4.47. The Bertz CT molecular complexity index is 1140. The number of aromatic nitrogens is 3. The summed E-state index contributed by atoms with van der Waals surface area (Å²) in [4.78, 5) is 16.4. The number of hydrogen-bond acceptors (Lipinski definition) is 4. The van der Waals surface area contributed by atoms with Crippen molar-refractivity contribution in [3.8, 4) is 16.9 Å². The van der Waals surface area contributed by atoms with Crippen LogP contribution in [0.25, 0.3) is 16.9 Å². The van der Waals surface area contributed by atoms with Gasteiger partial charge in [-0.1, -0.05) is 34.1 Å². The van der Waals surface area contributed by atoms with Crippen molar-refractivity contribution in [3.63, 3.8) is 0 Å². The van der Waals surface area contributed by atoms with Gasteiger partial charge >= 0.3 is 0 Å². The van der Waals surface area contributed by atoms with Gasteiger partial charge in [0.15, 0.2) is 0 Å². The highest BCUT2D eigenvalue weighted by molar-refractivity contribution is 9.10. The Morgan fingerprint density at radius 2 is 1.83 bits per heavy atom. The third-order valence-electron chi connectivity index (χ3n) is 4.17. The molecule has 0 aliphatic rings. The van der Waals surface area contributed by atoms with E-state index in [1.807, 2.05) is 60.8 Å². The molecule has 0 aliphatic heterocycles. The minimum Gasteiger partial charge on any atom is -0.267 e. The predicted octanol–water partition coefficient (Wildman–Crippen LogP) is 4.46. The summed E-state index contributed by atoms with van der Waals surface area (Å²) >= 11 is 3.35. The SMILES string of the molecule is O=C(NN=Cc1cn(-c2ccccc2)nc1-c1cccnc1)c1ccc(Br)cc1. The van der Waals surface area contributed by atoms with E-state index in [4.69, 9.17) is 0 Å². The molecule has 0 aliphatic carbocycles. The van der Waals surface area contributed by atoms with Crippen molar-refractivity contribution in [1.82, 2.24) is 20.2 Å². The van der Waals surface area contributed by atoms with E-state index in [0.29, 0.717) is 5.56 Å². The van der Waals surface area contributed by atoms with E-state index in [-0.39, 0.29) is 5.91 Å². The van der Waals surface area contributed by atoms with Crippen LogP contribution in [0.4, 0.5) is 0 Å². The maximum atomic E-state index is 12.3. The molecule has 2 heterocycles. The van der Waals surface area contributed by atoms with Crippen molar-refractivity contribution in [2.45, 2.75) is 0 Å². The molecule has 29 heavy (non-hydrogen) atoms. The number of benzene rings is 2. The molecule has 0 saturated heterocycles. The van der Waals surface area contributed by atoms with Crippen molar-refractivity contribution < 1.29 is 4.79 Å². The zero-order chi connectivity index (χ0) is 20.1. The Morgan fingerprint density at radius 3 is 2.55 bits per heavy atom. The van der Waals surface area contributed by atoms with Crippen LogP contribution in [0.1, 0.15) is 15.9 Å². The maximum Gasteiger partial charge on any atom is 0.271 e. The average molecular weight is 446 g/mol. The summed E-state index contributed by atoms with van der Waals surface area (Å²) in [5, 5.41) is 8.81. The molecule has 4 aromatic rings. The van der Waals surface area contributed by atoms with Gasteiger partial charge in [-0.25, -0.2) is 10.1 Å². The highest BCUT2D eigenvalue weighted by Crippen LogP contribution is 2.21. The van der Waals surface area contributed by atoms with Gasteiger partial charge in [0.25, 0.3) is 5.91 Å². The van der Waals surface area contributed by atoms with E-state index in [1.165, 1.54) is 0 Å². The van der Waals surface area contributed by atoms with Gasteiger partial charge < -0.3 is 0 Å². The fraction of sp³-hybridized carbons (Fsp3) is 0. The van der Waals surface area contributed by atoms with Crippen LogP contribution in [-0.4, -0.2) is 26.9 Å². The van der Waals surface area contributed by atoms with Crippen LogP contribution in [0.2, 0.25) is 0 Å². The molecule has 0 spiro atoms. The first-order valence-corrected chi connectivity index (χ1v) is 9.64. The van der Waals surface area contributed by atoms with Crippen LogP contribution < -0.4 is 5.43 Å². The largest absolute Gasteiger partial charge is 0.271 e. The first-order chi connectivity index (χ1) is 14.2. The minimum absolute atomic E-state index is 0.285. The molecule has 1 N–H and O–H groups in total. The lowest BCUT2D eigenvalue weighted by atomic mass is 10.1. The molecule has 0 fully saturated rings. The number of halogens is 1. The normalized spacial score (nSPS) is 10.9. The molecular weight excluding hydrogens is 430 g/mol. The van der Waals surface area contributed by atoms with Crippen LogP contribution in [0.5, 0.6) is 0 Å². The molecule has 2 aromatic heterocycles. The monoisotopic (exact) mass is 445 g/mol. The number of carbonyl (C=O) groups excluding carboxylic acids is 1. The van der Waals surface area contributed by atoms with Gasteiger partial charge in [-0.05, 0) is 48.5 Å². The second-order valence-electron chi connectivity index (χ2n) is 6.16. The summed E-state index contributed by atoms with van der Waals surface area (Å²) in [5.74, 6) is -0.285. The Hall–Kier alpha value is -3.58. The van der Waals surface area contributed by atoms with E-state index in [2.05, 4.69) is 36.5 Å². The standard InChI is InChI=1S/C22H16BrN5O/c23-19-10-8-16(9-11-19)22(29)26-25-14-18-15-28(20-6-2-1-3-7-20)27-21(18)17-5-4-12-24-13-17/h1-15H,(H,26,29). The van der Waals surface area contributed by atoms with E-state index < -0.39 is 0 Å². The van der Waals surface area contributed by atoms with Gasteiger partial charge in [-0.15, -0.1) is 0 Å². The predicted molar refractivity (Wildman–Crippen MR) is 116 cm³/mol. The Kier molecular flexibility index (Phi) is 5.58. The molecule has 4 rings (SSSR count). The van der Waals surface area contributed by atoms with Crippen LogP contribution in [0.15, 0.2) is 94.9 Å². The number of hydrazone groups is 1. The van der Waals surface area contributed by atoms with Crippen LogP contribution >= 0.6 is 15.9 Å². The molecule has 0 unspecified atom stereocenters. The Morgan fingerprint density at radius 1 is 1.03 bits per heavy atom. The summed E-state index contributed by atoms with van der Waals surface area (Å²) in [5.41, 5.74) is 6.36. The molecule has 0 bridgehead atoms. The first-order valence-electron chi connectivity index (χ1n) is 8.85. The Balaban J connectivity index is 1.61. The highest BCUT2D eigenvalue weighted by Gasteiger charge is 2.11. The molecule has 7 heteroatoms. The van der Waals surface area contributed by atoms with E-state index in [0.717, 1.165) is 27.0 Å². The zero-order valence-corrected chi connectivity index (χ0v) is 16.8. The number of nitrogens with one attached hydrogen (secondary N) is 1. The van der Waals surface area contributed by atoms with E-state index in [1.54, 1.807) is 35.4 Å². The average Bonchev–Trinajstić information content (AvgIpc) is 3.19. The lowest BCUT2D eigenvalue weighted by Crippen LogP contribution is -2.17. The summed E-state index contributed by atoms with van der Waals surface area (Å²) in [7, 11) is 0. The fourth-order valence-electron chi connectivity index (χ4n) is 2.75. The highest BCUT2D eigenvalue weighted by atomic mass is 79.9. The number of rotatable bonds is 5. The van der Waals surface area contributed by atoms with Gasteiger partial charge in [-0.3, -0.25) is 9.78 Å². The van der Waals surface area contributed by atoms with Crippen LogP contribution in [0, 0.1) is 0 Å². The zero-order valence-electron chi connectivity index (χ0n) is 15.2. The van der Waals surface area contributed by atoms with Gasteiger partial charge in [-0.2, -0.15) is 10.2 Å². The first kappa shape index (κ1) is 18.8. The van der Waals surface area contributed by atoms with Crippen molar-refractivity contribution in [2.24, 2.45) is 5.10 Å². The van der Waals surface area contributed by atoms with Crippen molar-refractivity contribution in [1.29, 1.82) is 0 Å². The fourth-order valence-corrected chi connectivity index (χ4v) is 3.01. The molecule has 142 valence electrons. The smallest absolute Gasteiger partial charge is 0.267 e. The van der Waals surface area contributed by atoms with Gasteiger partial charge in [0, 0.05) is 39.8 Å². The summed E-state index contributed by atoms with van der Waals surface area (Å²) in [6.45, 7) is 0. The van der Waals surface area contributed by atoms with E-state index >= 15 is 0 Å². The number of amides is 1. The van der Waals surface area contributed by atoms with Crippen molar-refractivity contribution in [2.75, 3.05) is 0 Å². The number of nitrogens with zero attached hydrogens (tertiary/aromatic N) is 4. The molecule has 6 nitrogen and oxygen atoms in total. The van der Waals surface area contributed by atoms with E-state index in [9.17, 15) is 4.79 Å². The van der Waals surface area contributed by atoms with Crippen LogP contribution in [-0.2, 0) is 0 Å². The number of pyridine rings is 1. The molecule has 0 saturated carbocycles. The van der Waals surface area contributed by atoms with Gasteiger partial charge in [0.2, 0.25) is 0 Å². The third-order valence-corrected chi connectivity index (χ3v) is 4.70. The second-order valence-corrected chi connectivity index (χ2v) is 7.08. The molecule has 1 amide bonds. The molecule has 2 aromatic carbocycles. The molecular formula is C22H16BrN5O. The van der Waals surface area contributed by atoms with Crippen LogP contribution in [0.3, 0.4) is 0 Å². The maximum absolute atomic E-state index is 12.3. The minimum atomic E-state index is -0.285. The van der Waals surface area contributed by atoms with Crippen molar-refractivity contribution >= 4 is 28.1 Å². The number of carbonyl (C=O) groups is 1. The summed E-state index contributed by atoms with van der Waals surface area (Å²) in [6.07, 6.45) is 6.91. The van der Waals surface area contributed by atoms with Gasteiger partial charge in [0.05, 0.1) is 11.9 Å². The lowest BCUT2D eigenvalue weighted by Gasteiger charge is -2.00. The topological polar surface area (TPSA) is 72.2 Å². The molecule has 0 atom stereocenters. The number of para-hydroxylation sites is 1. The second kappa shape index (κ2) is 8.62. The van der Waals surface area contributed by atoms with Gasteiger partial charge in [0.1, 0.15) is 5.69 Å². The van der Waals surface area contributed by atoms with Crippen molar-refractivity contribution in [3.05, 3.63) is 101 Å².